The van der Waals surface area contributed by atoms with E-state index in [9.17, 15) is 8.42 Å². The summed E-state index contributed by atoms with van der Waals surface area (Å²) in [6.07, 6.45) is -0.0904. The van der Waals surface area contributed by atoms with Crippen molar-refractivity contribution in [2.24, 2.45) is 4.40 Å². The molecule has 6 nitrogen and oxygen atoms in total. The monoisotopic (exact) mass is 379 g/mol. The highest BCUT2D eigenvalue weighted by Crippen LogP contribution is 2.39. The largest absolute Gasteiger partial charge is 0.380 e. The van der Waals surface area contributed by atoms with Crippen molar-refractivity contribution in [3.8, 4) is 11.1 Å². The van der Waals surface area contributed by atoms with Crippen LogP contribution in [-0.4, -0.2) is 34.1 Å². The van der Waals surface area contributed by atoms with E-state index < -0.39 is 10.0 Å². The van der Waals surface area contributed by atoms with Gasteiger partial charge < -0.3 is 15.4 Å². The van der Waals surface area contributed by atoms with Gasteiger partial charge in [0.1, 0.15) is 4.90 Å². The molecule has 1 aliphatic heterocycles. The van der Waals surface area contributed by atoms with Gasteiger partial charge in [-0.2, -0.15) is 8.42 Å². The maximum atomic E-state index is 12.5. The van der Waals surface area contributed by atoms with Gasteiger partial charge in [-0.05, 0) is 19.1 Å². The van der Waals surface area contributed by atoms with Crippen LogP contribution in [0.3, 0.4) is 0 Å². The van der Waals surface area contributed by atoms with Gasteiger partial charge in [0, 0.05) is 29.8 Å². The van der Waals surface area contributed by atoms with Gasteiger partial charge in [0.15, 0.2) is 0 Å². The van der Waals surface area contributed by atoms with Gasteiger partial charge in [-0.1, -0.05) is 41.9 Å². The van der Waals surface area contributed by atoms with Gasteiger partial charge in [-0.3, -0.25) is 0 Å². The first-order valence-electron chi connectivity index (χ1n) is 7.69. The number of hydrogen-bond acceptors (Lipinski definition) is 5. The van der Waals surface area contributed by atoms with Crippen LogP contribution in [0.25, 0.3) is 11.1 Å². The molecule has 1 unspecified atom stereocenters. The van der Waals surface area contributed by atoms with Crippen molar-refractivity contribution in [3.05, 3.63) is 47.5 Å². The van der Waals surface area contributed by atoms with E-state index in [1.807, 2.05) is 31.2 Å². The van der Waals surface area contributed by atoms with Crippen molar-refractivity contribution in [1.82, 2.24) is 5.32 Å². The topological polar surface area (TPSA) is 79.8 Å². The number of halogens is 1. The standard InChI is InChI=1S/C17H18ClN3O3S/c1-11(24-2)10-19-17-20-16-13(12-6-3-4-8-14(12)18)7-5-9-15(16)25(22,23)21-17/h3-9,11H,10H2,1-2H3,(H2,19,20,21). The van der Waals surface area contributed by atoms with E-state index >= 15 is 0 Å². The van der Waals surface area contributed by atoms with Crippen LogP contribution in [0.5, 0.6) is 0 Å². The zero-order valence-electron chi connectivity index (χ0n) is 13.8. The summed E-state index contributed by atoms with van der Waals surface area (Å²) in [5.74, 6) is 0.163. The van der Waals surface area contributed by atoms with Crippen LogP contribution in [0.1, 0.15) is 6.92 Å². The van der Waals surface area contributed by atoms with E-state index in [0.717, 1.165) is 5.56 Å². The number of guanidine groups is 1. The fourth-order valence-electron chi connectivity index (χ4n) is 2.49. The zero-order valence-corrected chi connectivity index (χ0v) is 15.4. The Hall–Kier alpha value is -2.09. The molecule has 0 aromatic heterocycles. The van der Waals surface area contributed by atoms with Gasteiger partial charge >= 0.3 is 0 Å². The Morgan fingerprint density at radius 1 is 1.20 bits per heavy atom. The Balaban J connectivity index is 2.04. The van der Waals surface area contributed by atoms with E-state index in [1.54, 1.807) is 19.2 Å². The molecule has 0 saturated heterocycles. The van der Waals surface area contributed by atoms with Gasteiger partial charge in [0.2, 0.25) is 5.96 Å². The maximum Gasteiger partial charge on any atom is 0.287 e. The van der Waals surface area contributed by atoms with Crippen LogP contribution in [0.15, 0.2) is 51.8 Å². The van der Waals surface area contributed by atoms with Crippen molar-refractivity contribution in [2.75, 3.05) is 19.0 Å². The van der Waals surface area contributed by atoms with Crippen LogP contribution in [0.2, 0.25) is 5.02 Å². The van der Waals surface area contributed by atoms with Crippen LogP contribution in [0, 0.1) is 0 Å². The number of fused-ring (bicyclic) bond motifs is 1. The summed E-state index contributed by atoms with van der Waals surface area (Å²) in [5.41, 5.74) is 1.90. The fourth-order valence-corrected chi connectivity index (χ4v) is 3.85. The summed E-state index contributed by atoms with van der Waals surface area (Å²) in [5, 5.41) is 6.58. The molecule has 1 aliphatic rings. The molecule has 0 amide bonds. The molecule has 8 heteroatoms. The predicted molar refractivity (Wildman–Crippen MR) is 99.6 cm³/mol. The average molecular weight is 380 g/mol. The van der Waals surface area contributed by atoms with Crippen molar-refractivity contribution in [1.29, 1.82) is 0 Å². The highest BCUT2D eigenvalue weighted by molar-refractivity contribution is 7.90. The third kappa shape index (κ3) is 3.63. The maximum absolute atomic E-state index is 12.5. The molecule has 132 valence electrons. The highest BCUT2D eigenvalue weighted by Gasteiger charge is 2.27. The van der Waals surface area contributed by atoms with E-state index in [1.165, 1.54) is 6.07 Å². The molecule has 0 radical (unpaired) electrons. The lowest BCUT2D eigenvalue weighted by molar-refractivity contribution is 0.121. The number of methoxy groups -OCH3 is 1. The van der Waals surface area contributed by atoms with Crippen LogP contribution in [0.4, 0.5) is 5.69 Å². The van der Waals surface area contributed by atoms with E-state index in [4.69, 9.17) is 16.3 Å². The minimum atomic E-state index is -3.81. The molecule has 0 aliphatic carbocycles. The zero-order chi connectivity index (χ0) is 18.0. The molecule has 0 fully saturated rings. The molecule has 0 spiro atoms. The lowest BCUT2D eigenvalue weighted by Crippen LogP contribution is -2.39. The van der Waals surface area contributed by atoms with Gasteiger partial charge in [0.25, 0.3) is 10.0 Å². The summed E-state index contributed by atoms with van der Waals surface area (Å²) < 4.78 is 34.0. The average Bonchev–Trinajstić information content (AvgIpc) is 2.59. The molecule has 3 rings (SSSR count). The second-order valence-corrected chi connectivity index (χ2v) is 7.61. The lowest BCUT2D eigenvalue weighted by atomic mass is 10.0. The molecule has 1 atom stereocenters. The molecule has 2 aromatic carbocycles. The molecule has 0 bridgehead atoms. The number of benzene rings is 2. The SMILES string of the molecule is COC(C)CNC1=NS(=O)(=O)c2cccc(-c3ccccc3Cl)c2N1. The Morgan fingerprint density at radius 3 is 2.64 bits per heavy atom. The van der Waals surface area contributed by atoms with Crippen molar-refractivity contribution < 1.29 is 13.2 Å². The smallest absolute Gasteiger partial charge is 0.287 e. The van der Waals surface area contributed by atoms with E-state index in [0.29, 0.717) is 22.8 Å². The number of nitrogens with zero attached hydrogens (tertiary/aromatic N) is 1. The summed E-state index contributed by atoms with van der Waals surface area (Å²) >= 11 is 6.29. The fraction of sp³-hybridized carbons (Fsp3) is 0.235. The number of rotatable bonds is 4. The summed E-state index contributed by atoms with van der Waals surface area (Å²) in [4.78, 5) is 0.121. The Labute approximate surface area is 151 Å². The van der Waals surface area contributed by atoms with Crippen molar-refractivity contribution in [2.45, 2.75) is 17.9 Å². The van der Waals surface area contributed by atoms with Crippen molar-refractivity contribution in [3.63, 3.8) is 0 Å². The molecule has 2 aromatic rings. The number of nitrogens with one attached hydrogen (secondary N) is 2. The molecular formula is C17H18ClN3O3S. The first kappa shape index (κ1) is 17.7. The molecular weight excluding hydrogens is 362 g/mol. The third-order valence-electron chi connectivity index (χ3n) is 3.88. The van der Waals surface area contributed by atoms with Crippen molar-refractivity contribution >= 4 is 33.3 Å². The second kappa shape index (κ2) is 7.03. The second-order valence-electron chi connectivity index (χ2n) is 5.63. The first-order valence-corrected chi connectivity index (χ1v) is 9.51. The number of sulfonamides is 1. The number of para-hydroxylation sites is 1. The minimum absolute atomic E-state index is 0.0904. The molecule has 1 heterocycles. The molecule has 25 heavy (non-hydrogen) atoms. The van der Waals surface area contributed by atoms with Gasteiger partial charge in [-0.15, -0.1) is 4.40 Å². The molecule has 2 N–H and O–H groups in total. The normalized spacial score (nSPS) is 16.4. The summed E-state index contributed by atoms with van der Waals surface area (Å²) in [6.45, 7) is 2.29. The van der Waals surface area contributed by atoms with Crippen LogP contribution in [-0.2, 0) is 14.8 Å². The van der Waals surface area contributed by atoms with E-state index in [2.05, 4.69) is 15.0 Å². The highest BCUT2D eigenvalue weighted by atomic mass is 35.5. The Morgan fingerprint density at radius 2 is 1.92 bits per heavy atom. The van der Waals surface area contributed by atoms with Gasteiger partial charge in [0.05, 0.1) is 11.8 Å². The third-order valence-corrected chi connectivity index (χ3v) is 5.53. The van der Waals surface area contributed by atoms with Crippen LogP contribution < -0.4 is 10.6 Å². The quantitative estimate of drug-likeness (QED) is 0.853. The summed E-state index contributed by atoms with van der Waals surface area (Å²) in [6, 6.07) is 12.3. The first-order chi connectivity index (χ1) is 11.9. The lowest BCUT2D eigenvalue weighted by Gasteiger charge is -2.23. The number of anilines is 1. The number of hydrogen-bond donors (Lipinski definition) is 2. The Bertz CT molecular complexity index is 928. The minimum Gasteiger partial charge on any atom is -0.380 e. The van der Waals surface area contributed by atoms with E-state index in [-0.39, 0.29) is 17.0 Å². The molecule has 0 saturated carbocycles. The predicted octanol–water partition coefficient (Wildman–Crippen LogP) is 3.10. The Kier molecular flexibility index (Phi) is 4.99. The summed E-state index contributed by atoms with van der Waals surface area (Å²) in [7, 11) is -2.22. The number of ether oxygens (including phenoxy) is 1. The van der Waals surface area contributed by atoms with Gasteiger partial charge in [-0.25, -0.2) is 0 Å². The van der Waals surface area contributed by atoms with Crippen LogP contribution >= 0.6 is 11.6 Å².